The molecule has 7 nitrogen and oxygen atoms in total. The van der Waals surface area contributed by atoms with Crippen molar-refractivity contribution in [2.75, 3.05) is 30.9 Å². The quantitative estimate of drug-likeness (QED) is 0.623. The summed E-state index contributed by atoms with van der Waals surface area (Å²) in [4.78, 5) is 41.0. The van der Waals surface area contributed by atoms with E-state index in [1.54, 1.807) is 25.1 Å². The number of hydrogen-bond donors (Lipinski definition) is 1. The molecule has 2 aromatic rings. The average Bonchev–Trinajstić information content (AvgIpc) is 3.10. The van der Waals surface area contributed by atoms with Gasteiger partial charge in [-0.1, -0.05) is 13.0 Å². The van der Waals surface area contributed by atoms with Crippen LogP contribution in [0.3, 0.4) is 0 Å². The van der Waals surface area contributed by atoms with Gasteiger partial charge in [-0.2, -0.15) is 0 Å². The highest BCUT2D eigenvalue weighted by molar-refractivity contribution is 7.17. The Hall–Kier alpha value is -2.87. The van der Waals surface area contributed by atoms with Gasteiger partial charge in [0, 0.05) is 24.7 Å². The summed E-state index contributed by atoms with van der Waals surface area (Å²) in [5.41, 5.74) is 2.62. The number of fused-ring (bicyclic) bond motifs is 1. The fourth-order valence-corrected chi connectivity index (χ4v) is 5.07. The van der Waals surface area contributed by atoms with E-state index < -0.39 is 23.9 Å². The standard InChI is InChI=1S/C24H30N2O5S/c1-6-30-24(29)20-18-11-10-14(2)12-19(18)32-22(20)25-21(27)15(3)31-23(28)16-8-7-9-17(13-16)26(4)5/h7-9,13-15H,6,10-12H2,1-5H3,(H,25,27)/t14-,15+/m1/s1. The highest BCUT2D eigenvalue weighted by Gasteiger charge is 2.30. The van der Waals surface area contributed by atoms with Crippen LogP contribution in [0.5, 0.6) is 0 Å². The number of hydrogen-bond acceptors (Lipinski definition) is 7. The number of esters is 2. The molecule has 1 aromatic heterocycles. The minimum Gasteiger partial charge on any atom is -0.462 e. The van der Waals surface area contributed by atoms with Crippen molar-refractivity contribution in [3.63, 3.8) is 0 Å². The maximum absolute atomic E-state index is 12.8. The van der Waals surface area contributed by atoms with Crippen LogP contribution in [-0.4, -0.2) is 44.7 Å². The molecule has 0 fully saturated rings. The zero-order chi connectivity index (χ0) is 23.4. The molecule has 1 aliphatic carbocycles. The molecule has 3 rings (SSSR count). The molecule has 0 saturated heterocycles. The lowest BCUT2D eigenvalue weighted by Gasteiger charge is -2.18. The van der Waals surface area contributed by atoms with Gasteiger partial charge in [0.15, 0.2) is 6.10 Å². The first-order valence-corrected chi connectivity index (χ1v) is 11.6. The van der Waals surface area contributed by atoms with E-state index >= 15 is 0 Å². The van der Waals surface area contributed by atoms with Gasteiger partial charge in [0.2, 0.25) is 0 Å². The van der Waals surface area contributed by atoms with Gasteiger partial charge in [-0.25, -0.2) is 9.59 Å². The van der Waals surface area contributed by atoms with Gasteiger partial charge in [0.1, 0.15) is 5.00 Å². The Labute approximate surface area is 192 Å². The normalized spacial score (nSPS) is 16.0. The molecule has 0 spiro atoms. The van der Waals surface area contributed by atoms with Crippen molar-refractivity contribution in [3.8, 4) is 0 Å². The number of ether oxygens (including phenoxy) is 2. The smallest absolute Gasteiger partial charge is 0.341 e. The van der Waals surface area contributed by atoms with Crippen LogP contribution in [0.4, 0.5) is 10.7 Å². The molecule has 0 aliphatic heterocycles. The highest BCUT2D eigenvalue weighted by atomic mass is 32.1. The number of carbonyl (C=O) groups is 3. The minimum atomic E-state index is -1.03. The molecular formula is C24H30N2O5S. The minimum absolute atomic E-state index is 0.257. The van der Waals surface area contributed by atoms with Gasteiger partial charge < -0.3 is 19.7 Å². The number of nitrogens with one attached hydrogen (secondary N) is 1. The predicted molar refractivity (Wildman–Crippen MR) is 126 cm³/mol. The van der Waals surface area contributed by atoms with Gasteiger partial charge in [-0.05, 0) is 62.8 Å². The Morgan fingerprint density at radius 2 is 2.00 bits per heavy atom. The molecule has 0 bridgehead atoms. The Bertz CT molecular complexity index is 1010. The second kappa shape index (κ2) is 10.2. The summed E-state index contributed by atoms with van der Waals surface area (Å²) in [5, 5.41) is 3.26. The number of carbonyl (C=O) groups excluding carboxylic acids is 3. The highest BCUT2D eigenvalue weighted by Crippen LogP contribution is 2.40. The van der Waals surface area contributed by atoms with E-state index in [0.717, 1.165) is 35.4 Å². The van der Waals surface area contributed by atoms with Crippen LogP contribution in [0, 0.1) is 5.92 Å². The molecule has 1 N–H and O–H groups in total. The van der Waals surface area contributed by atoms with Crippen molar-refractivity contribution in [1.82, 2.24) is 0 Å². The maximum atomic E-state index is 12.8. The molecule has 2 atom stereocenters. The Balaban J connectivity index is 1.75. The molecule has 32 heavy (non-hydrogen) atoms. The van der Waals surface area contributed by atoms with Crippen molar-refractivity contribution in [2.45, 2.75) is 46.1 Å². The van der Waals surface area contributed by atoms with E-state index in [0.29, 0.717) is 22.0 Å². The Kier molecular flexibility index (Phi) is 7.56. The summed E-state index contributed by atoms with van der Waals surface area (Å²) >= 11 is 1.41. The second-order valence-corrected chi connectivity index (χ2v) is 9.36. The molecule has 1 aliphatic rings. The van der Waals surface area contributed by atoms with Gasteiger partial charge >= 0.3 is 11.9 Å². The first-order chi connectivity index (χ1) is 15.2. The summed E-state index contributed by atoms with van der Waals surface area (Å²) in [7, 11) is 3.76. The third-order valence-corrected chi connectivity index (χ3v) is 6.65. The van der Waals surface area contributed by atoms with E-state index in [1.807, 2.05) is 25.1 Å². The third kappa shape index (κ3) is 5.30. The fourth-order valence-electron chi connectivity index (χ4n) is 3.66. The van der Waals surface area contributed by atoms with Crippen LogP contribution < -0.4 is 10.2 Å². The number of benzene rings is 1. The van der Waals surface area contributed by atoms with Crippen LogP contribution in [0.1, 0.15) is 58.3 Å². The van der Waals surface area contributed by atoms with Crippen LogP contribution in [0.25, 0.3) is 0 Å². The SMILES string of the molecule is CCOC(=O)c1c(NC(=O)[C@H](C)OC(=O)c2cccc(N(C)C)c2)sc2c1CC[C@@H](C)C2. The molecule has 8 heteroatoms. The van der Waals surface area contributed by atoms with Crippen molar-refractivity contribution in [3.05, 3.63) is 45.8 Å². The fraction of sp³-hybridized carbons (Fsp3) is 0.458. The number of amides is 1. The lowest BCUT2D eigenvalue weighted by molar-refractivity contribution is -0.123. The molecule has 1 amide bonds. The van der Waals surface area contributed by atoms with Crippen molar-refractivity contribution in [2.24, 2.45) is 5.92 Å². The van der Waals surface area contributed by atoms with Gasteiger partial charge in [0.25, 0.3) is 5.91 Å². The monoisotopic (exact) mass is 458 g/mol. The third-order valence-electron chi connectivity index (χ3n) is 5.48. The van der Waals surface area contributed by atoms with Gasteiger partial charge in [0.05, 0.1) is 17.7 Å². The summed E-state index contributed by atoms with van der Waals surface area (Å²) in [5.74, 6) is -0.974. The first kappa shape index (κ1) is 23.8. The van der Waals surface area contributed by atoms with Crippen LogP contribution >= 0.6 is 11.3 Å². The molecular weight excluding hydrogens is 428 g/mol. The van der Waals surface area contributed by atoms with E-state index in [-0.39, 0.29) is 6.61 Å². The first-order valence-electron chi connectivity index (χ1n) is 10.8. The second-order valence-electron chi connectivity index (χ2n) is 8.26. The van der Waals surface area contributed by atoms with Crippen molar-refractivity contribution < 1.29 is 23.9 Å². The topological polar surface area (TPSA) is 84.9 Å². The van der Waals surface area contributed by atoms with E-state index in [2.05, 4.69) is 12.2 Å². The Morgan fingerprint density at radius 3 is 2.69 bits per heavy atom. The molecule has 0 saturated carbocycles. The zero-order valence-electron chi connectivity index (χ0n) is 19.2. The van der Waals surface area contributed by atoms with Gasteiger partial charge in [-0.15, -0.1) is 11.3 Å². The molecule has 0 unspecified atom stereocenters. The average molecular weight is 459 g/mol. The summed E-state index contributed by atoms with van der Waals surface area (Å²) in [6.45, 7) is 5.71. The molecule has 1 heterocycles. The predicted octanol–water partition coefficient (Wildman–Crippen LogP) is 4.30. The molecule has 172 valence electrons. The van der Waals surface area contributed by atoms with Crippen LogP contribution in [0.2, 0.25) is 0 Å². The molecule has 0 radical (unpaired) electrons. The largest absolute Gasteiger partial charge is 0.462 e. The number of rotatable bonds is 7. The molecule has 1 aromatic carbocycles. The Morgan fingerprint density at radius 1 is 1.25 bits per heavy atom. The van der Waals surface area contributed by atoms with Crippen molar-refractivity contribution >= 4 is 39.9 Å². The number of anilines is 2. The van der Waals surface area contributed by atoms with Gasteiger partial charge in [-0.3, -0.25) is 4.79 Å². The number of nitrogens with zero attached hydrogens (tertiary/aromatic N) is 1. The van der Waals surface area contributed by atoms with Crippen LogP contribution in [0.15, 0.2) is 24.3 Å². The lowest BCUT2D eigenvalue weighted by Crippen LogP contribution is -2.30. The summed E-state index contributed by atoms with van der Waals surface area (Å²) in [6, 6.07) is 7.00. The lowest BCUT2D eigenvalue weighted by atomic mass is 9.88. The van der Waals surface area contributed by atoms with E-state index in [9.17, 15) is 14.4 Å². The summed E-state index contributed by atoms with van der Waals surface area (Å²) < 4.78 is 10.6. The number of thiophene rings is 1. The van der Waals surface area contributed by atoms with Crippen molar-refractivity contribution in [1.29, 1.82) is 0 Å². The zero-order valence-corrected chi connectivity index (χ0v) is 20.0. The van der Waals surface area contributed by atoms with E-state index in [1.165, 1.54) is 18.3 Å². The maximum Gasteiger partial charge on any atom is 0.341 e. The van der Waals surface area contributed by atoms with Crippen LogP contribution in [-0.2, 0) is 27.1 Å². The summed E-state index contributed by atoms with van der Waals surface area (Å²) in [6.07, 6.45) is 1.61. The van der Waals surface area contributed by atoms with E-state index in [4.69, 9.17) is 9.47 Å².